The molecule has 0 amide bonds. The Labute approximate surface area is 283 Å². The number of esters is 4. The fraction of sp³-hybridized carbons (Fsp3) is 0.543. The molecule has 13 heteroatoms. The summed E-state index contributed by atoms with van der Waals surface area (Å²) < 4.78 is 57.8. The number of halogens is 2. The number of rotatable bonds is 9. The van der Waals surface area contributed by atoms with Crippen LogP contribution in [0.3, 0.4) is 0 Å². The molecule has 3 rings (SSSR count). The van der Waals surface area contributed by atoms with E-state index >= 15 is 0 Å². The van der Waals surface area contributed by atoms with Gasteiger partial charge in [-0.25, -0.2) is 8.78 Å². The molecule has 1 saturated heterocycles. The molecule has 48 heavy (non-hydrogen) atoms. The van der Waals surface area contributed by atoms with Gasteiger partial charge in [0.2, 0.25) is 0 Å². The Balaban J connectivity index is 2.32. The molecule has 264 valence electrons. The van der Waals surface area contributed by atoms with Crippen LogP contribution in [0, 0.1) is 11.6 Å². The number of carbonyl (C=O) groups is 4. The van der Waals surface area contributed by atoms with E-state index in [4.69, 9.17) is 23.7 Å². The molecule has 10 nitrogen and oxygen atoms in total. The topological polar surface area (TPSA) is 135 Å². The SMILES string of the molecule is CC(=O)OC[C@@H]1O[C@H](S[C@H](c2cc(F)cc(F)c2)c2cc(C(C)(C)C)c(O)c(C(C)(C)C)c2)C(OC(C)=O)C(OC(C)=O)[C@@H]1OC(C)=O. The summed E-state index contributed by atoms with van der Waals surface area (Å²) >= 11 is 0.987. The highest BCUT2D eigenvalue weighted by atomic mass is 32.2. The van der Waals surface area contributed by atoms with Gasteiger partial charge in [0.15, 0.2) is 18.3 Å². The molecule has 6 atom stereocenters. The maximum Gasteiger partial charge on any atom is 0.303 e. The molecule has 2 aromatic carbocycles. The number of phenols is 1. The van der Waals surface area contributed by atoms with E-state index < -0.39 is 88.1 Å². The van der Waals surface area contributed by atoms with Gasteiger partial charge in [-0.05, 0) is 45.2 Å². The Hall–Kier alpha value is -3.71. The van der Waals surface area contributed by atoms with Crippen molar-refractivity contribution < 1.29 is 56.7 Å². The molecule has 1 aliphatic heterocycles. The second-order valence-corrected chi connectivity index (χ2v) is 15.0. The lowest BCUT2D eigenvalue weighted by atomic mass is 9.78. The molecule has 0 bridgehead atoms. The number of phenolic OH excluding ortho intramolecular Hbond substituents is 1. The largest absolute Gasteiger partial charge is 0.507 e. The van der Waals surface area contributed by atoms with Crippen LogP contribution in [0.2, 0.25) is 0 Å². The van der Waals surface area contributed by atoms with E-state index in [1.165, 1.54) is 6.92 Å². The van der Waals surface area contributed by atoms with Gasteiger partial charge in [0, 0.05) is 33.8 Å². The number of hydrogen-bond donors (Lipinski definition) is 1. The molecular weight excluding hydrogens is 650 g/mol. The molecule has 1 fully saturated rings. The minimum absolute atomic E-state index is 0.0835. The smallest absolute Gasteiger partial charge is 0.303 e. The van der Waals surface area contributed by atoms with E-state index in [0.717, 1.165) is 50.7 Å². The lowest BCUT2D eigenvalue weighted by molar-refractivity contribution is -0.237. The van der Waals surface area contributed by atoms with Crippen LogP contribution < -0.4 is 0 Å². The standard InChI is InChI=1S/C35H44F2O10S/c1-17(38)43-16-27-29(44-18(2)39)30(45-19(3)40)31(46-20(4)41)33(47-27)48-32(21-11-23(36)15-24(37)12-21)22-13-25(34(5,6)7)28(42)26(14-22)35(8,9)10/h11-15,27,29-33,42H,16H2,1-10H3/t27-,29+,30?,31?,32+,33+/m0/s1. The molecule has 0 aliphatic carbocycles. The van der Waals surface area contributed by atoms with Gasteiger partial charge in [-0.2, -0.15) is 0 Å². The Kier molecular flexibility index (Phi) is 12.3. The van der Waals surface area contributed by atoms with Gasteiger partial charge in [0.05, 0.1) is 5.25 Å². The number of aromatic hydroxyl groups is 1. The second-order valence-electron chi connectivity index (χ2n) is 13.8. The van der Waals surface area contributed by atoms with E-state index in [1.54, 1.807) is 12.1 Å². The van der Waals surface area contributed by atoms with Crippen LogP contribution in [0.4, 0.5) is 8.78 Å². The predicted octanol–water partition coefficient (Wildman–Crippen LogP) is 6.17. The third kappa shape index (κ3) is 9.91. The van der Waals surface area contributed by atoms with Gasteiger partial charge < -0.3 is 28.8 Å². The van der Waals surface area contributed by atoms with Crippen LogP contribution in [0.1, 0.15) is 96.7 Å². The maximum absolute atomic E-state index is 14.8. The highest BCUT2D eigenvalue weighted by Gasteiger charge is 2.53. The molecule has 1 heterocycles. The van der Waals surface area contributed by atoms with E-state index in [2.05, 4.69) is 0 Å². The zero-order valence-corrected chi connectivity index (χ0v) is 29.7. The average molecular weight is 695 g/mol. The van der Waals surface area contributed by atoms with Crippen molar-refractivity contribution in [2.45, 2.75) is 115 Å². The van der Waals surface area contributed by atoms with E-state index in [0.29, 0.717) is 16.7 Å². The summed E-state index contributed by atoms with van der Waals surface area (Å²) in [5.74, 6) is -4.63. The molecule has 1 N–H and O–H groups in total. The molecular formula is C35H44F2O10S. The van der Waals surface area contributed by atoms with Crippen LogP contribution in [0.25, 0.3) is 0 Å². The normalized spacial score (nSPS) is 22.0. The highest BCUT2D eigenvalue weighted by Crippen LogP contribution is 2.48. The summed E-state index contributed by atoms with van der Waals surface area (Å²) in [6, 6.07) is 6.54. The molecule has 2 aromatic rings. The quantitative estimate of drug-likeness (QED) is 0.239. The Morgan fingerprint density at radius 1 is 0.729 bits per heavy atom. The first-order valence-electron chi connectivity index (χ1n) is 15.4. The van der Waals surface area contributed by atoms with Gasteiger partial charge in [0.25, 0.3) is 0 Å². The van der Waals surface area contributed by atoms with Crippen molar-refractivity contribution >= 4 is 35.6 Å². The summed E-state index contributed by atoms with van der Waals surface area (Å²) in [7, 11) is 0. The molecule has 0 saturated carbocycles. The molecule has 2 unspecified atom stereocenters. The van der Waals surface area contributed by atoms with Crippen LogP contribution >= 0.6 is 11.8 Å². The zero-order chi connectivity index (χ0) is 36.3. The summed E-state index contributed by atoms with van der Waals surface area (Å²) in [5, 5.41) is 10.5. The minimum atomic E-state index is -1.43. The lowest BCUT2D eigenvalue weighted by Gasteiger charge is -2.45. The highest BCUT2D eigenvalue weighted by molar-refractivity contribution is 8.00. The van der Waals surface area contributed by atoms with E-state index in [9.17, 15) is 33.1 Å². The van der Waals surface area contributed by atoms with Crippen molar-refractivity contribution in [1.82, 2.24) is 0 Å². The predicted molar refractivity (Wildman–Crippen MR) is 173 cm³/mol. The number of hydrogen-bond acceptors (Lipinski definition) is 11. The van der Waals surface area contributed by atoms with Crippen molar-refractivity contribution in [3.05, 3.63) is 64.2 Å². The number of benzene rings is 2. The average Bonchev–Trinajstić information content (AvgIpc) is 2.91. The van der Waals surface area contributed by atoms with Crippen molar-refractivity contribution in [2.75, 3.05) is 6.61 Å². The first-order valence-corrected chi connectivity index (χ1v) is 16.3. The first-order chi connectivity index (χ1) is 22.1. The number of ether oxygens (including phenoxy) is 5. The third-order valence-corrected chi connectivity index (χ3v) is 8.92. The molecule has 0 radical (unpaired) electrons. The number of thioether (sulfide) groups is 1. The zero-order valence-electron chi connectivity index (χ0n) is 28.8. The van der Waals surface area contributed by atoms with E-state index in [1.807, 2.05) is 41.5 Å². The lowest BCUT2D eigenvalue weighted by Crippen LogP contribution is -2.61. The Morgan fingerprint density at radius 2 is 1.17 bits per heavy atom. The van der Waals surface area contributed by atoms with Crippen LogP contribution in [-0.2, 0) is 53.7 Å². The van der Waals surface area contributed by atoms with Crippen molar-refractivity contribution in [3.63, 3.8) is 0 Å². The Bertz CT molecular complexity index is 1470. The molecule has 0 aromatic heterocycles. The molecule has 1 aliphatic rings. The van der Waals surface area contributed by atoms with E-state index in [-0.39, 0.29) is 11.3 Å². The van der Waals surface area contributed by atoms with Gasteiger partial charge in [-0.15, -0.1) is 11.8 Å². The first kappa shape index (κ1) is 38.7. The van der Waals surface area contributed by atoms with Crippen LogP contribution in [0.5, 0.6) is 5.75 Å². The maximum atomic E-state index is 14.8. The van der Waals surface area contributed by atoms with Crippen LogP contribution in [-0.4, -0.2) is 65.4 Å². The second kappa shape index (κ2) is 15.2. The van der Waals surface area contributed by atoms with Crippen molar-refractivity contribution in [3.8, 4) is 5.75 Å². The van der Waals surface area contributed by atoms with Crippen LogP contribution in [0.15, 0.2) is 30.3 Å². The van der Waals surface area contributed by atoms with Crippen molar-refractivity contribution in [1.29, 1.82) is 0 Å². The summed E-state index contributed by atoms with van der Waals surface area (Å²) in [6.45, 7) is 15.6. The monoisotopic (exact) mass is 694 g/mol. The minimum Gasteiger partial charge on any atom is -0.507 e. The van der Waals surface area contributed by atoms with Gasteiger partial charge in [-0.1, -0.05) is 53.7 Å². The Morgan fingerprint density at radius 3 is 1.60 bits per heavy atom. The van der Waals surface area contributed by atoms with Gasteiger partial charge in [0.1, 0.15) is 35.5 Å². The third-order valence-electron chi connectivity index (χ3n) is 7.46. The van der Waals surface area contributed by atoms with Crippen molar-refractivity contribution in [2.24, 2.45) is 0 Å². The van der Waals surface area contributed by atoms with Gasteiger partial charge in [-0.3, -0.25) is 19.2 Å². The summed E-state index contributed by atoms with van der Waals surface area (Å²) in [5.41, 5.74) is -0.496. The van der Waals surface area contributed by atoms with Gasteiger partial charge >= 0.3 is 23.9 Å². The molecule has 0 spiro atoms. The summed E-state index contributed by atoms with van der Waals surface area (Å²) in [4.78, 5) is 48.8. The summed E-state index contributed by atoms with van der Waals surface area (Å²) in [6.07, 6.45) is -5.42. The number of carbonyl (C=O) groups excluding carboxylic acids is 4. The fourth-order valence-electron chi connectivity index (χ4n) is 5.46. The fourth-order valence-corrected chi connectivity index (χ4v) is 6.89.